The van der Waals surface area contributed by atoms with E-state index >= 15 is 0 Å². The normalized spacial score (nSPS) is 20.6. The van der Waals surface area contributed by atoms with Crippen LogP contribution >= 0.6 is 15.9 Å². The molecule has 3 rings (SSSR count). The Bertz CT molecular complexity index is 1080. The molecular weight excluding hydrogens is 453 g/mol. The Morgan fingerprint density at radius 3 is 2.54 bits per heavy atom. The minimum atomic E-state index is -4.29. The lowest BCUT2D eigenvalue weighted by molar-refractivity contribution is 0.502. The van der Waals surface area contributed by atoms with Crippen LogP contribution in [0.3, 0.4) is 0 Å². The average molecular weight is 468 g/mol. The number of aromatic nitrogens is 3. The summed E-state index contributed by atoms with van der Waals surface area (Å²) in [7, 11) is -5.74. The first kappa shape index (κ1) is 19.2. The van der Waals surface area contributed by atoms with E-state index < -0.39 is 35.5 Å². The van der Waals surface area contributed by atoms with Crippen LogP contribution in [0.1, 0.15) is 12.5 Å². The third-order valence-corrected chi connectivity index (χ3v) is 7.70. The molecular formula is C13H15BrFN5O4S2. The molecule has 1 atom stereocenters. The molecule has 0 saturated carbocycles. The fraction of sp³-hybridized carbons (Fsp3) is 0.385. The molecule has 0 aliphatic carbocycles. The highest BCUT2D eigenvalue weighted by molar-refractivity contribution is 9.09. The van der Waals surface area contributed by atoms with Crippen LogP contribution in [0.25, 0.3) is 0 Å². The molecule has 26 heavy (non-hydrogen) atoms. The van der Waals surface area contributed by atoms with Crippen molar-refractivity contribution in [2.24, 2.45) is 0 Å². The number of halogens is 2. The Morgan fingerprint density at radius 2 is 1.92 bits per heavy atom. The lowest BCUT2D eigenvalue weighted by atomic mass is 10.0. The number of benzene rings is 1. The third-order valence-electron chi connectivity index (χ3n) is 3.90. The quantitative estimate of drug-likeness (QED) is 0.618. The Morgan fingerprint density at radius 1 is 1.27 bits per heavy atom. The molecule has 0 bridgehead atoms. The fourth-order valence-corrected chi connectivity index (χ4v) is 5.43. The third kappa shape index (κ3) is 2.92. The highest BCUT2D eigenvalue weighted by atomic mass is 79.9. The van der Waals surface area contributed by atoms with E-state index in [2.05, 4.69) is 26.0 Å². The summed E-state index contributed by atoms with van der Waals surface area (Å²) in [5, 5.41) is 2.91. The van der Waals surface area contributed by atoms with Gasteiger partial charge in [-0.3, -0.25) is 4.31 Å². The minimum Gasteiger partial charge on any atom is -0.261 e. The molecule has 0 fully saturated rings. The molecule has 2 heterocycles. The summed E-state index contributed by atoms with van der Waals surface area (Å²) in [6, 6.07) is 3.84. The van der Waals surface area contributed by atoms with Crippen LogP contribution in [0.15, 0.2) is 29.7 Å². The summed E-state index contributed by atoms with van der Waals surface area (Å²) < 4.78 is 65.2. The van der Waals surface area contributed by atoms with E-state index in [0.717, 1.165) is 21.0 Å². The standard InChI is InChI=1S/C13H15BrFN5O4S2/c1-13(14)7-19(11-6-9(15)4-5-10(11)13)25(21,22)12-16-8-20(17-12)26(23,24)18(2)3/h4-6,8H,7H2,1-3H3. The average Bonchev–Trinajstić information content (AvgIpc) is 3.11. The number of hydrogen-bond acceptors (Lipinski definition) is 6. The van der Waals surface area contributed by atoms with Crippen molar-refractivity contribution in [2.75, 3.05) is 24.9 Å². The summed E-state index contributed by atoms with van der Waals surface area (Å²) >= 11 is 3.45. The Kier molecular flexibility index (Phi) is 4.41. The monoisotopic (exact) mass is 467 g/mol. The minimum absolute atomic E-state index is 0.0247. The second-order valence-corrected chi connectivity index (χ2v) is 11.6. The molecule has 9 nitrogen and oxygen atoms in total. The largest absolute Gasteiger partial charge is 0.323 e. The van der Waals surface area contributed by atoms with Gasteiger partial charge in [0.25, 0.3) is 5.16 Å². The summed E-state index contributed by atoms with van der Waals surface area (Å²) in [6.07, 6.45) is 0.804. The molecule has 0 spiro atoms. The predicted molar refractivity (Wildman–Crippen MR) is 95.2 cm³/mol. The topological polar surface area (TPSA) is 105 Å². The molecule has 0 N–H and O–H groups in total. The van der Waals surface area contributed by atoms with Gasteiger partial charge in [-0.25, -0.2) is 9.37 Å². The summed E-state index contributed by atoms with van der Waals surface area (Å²) in [5.41, 5.74) is 0.735. The van der Waals surface area contributed by atoms with Gasteiger partial charge >= 0.3 is 20.2 Å². The van der Waals surface area contributed by atoms with Crippen LogP contribution in [0, 0.1) is 5.82 Å². The first-order valence-electron chi connectivity index (χ1n) is 7.24. The van der Waals surface area contributed by atoms with Crippen LogP contribution < -0.4 is 4.31 Å². The second kappa shape index (κ2) is 5.97. The number of sulfonamides is 1. The molecule has 1 aromatic heterocycles. The first-order chi connectivity index (χ1) is 11.9. The zero-order chi connectivity index (χ0) is 19.5. The maximum atomic E-state index is 13.7. The number of fused-ring (bicyclic) bond motifs is 1. The van der Waals surface area contributed by atoms with Gasteiger partial charge in [0.1, 0.15) is 12.1 Å². The van der Waals surface area contributed by atoms with Gasteiger partial charge in [-0.15, -0.1) is 9.19 Å². The Balaban J connectivity index is 2.09. The molecule has 0 amide bonds. The van der Waals surface area contributed by atoms with E-state index in [4.69, 9.17) is 0 Å². The molecule has 13 heteroatoms. The zero-order valence-electron chi connectivity index (χ0n) is 14.0. The van der Waals surface area contributed by atoms with Crippen molar-refractivity contribution in [3.05, 3.63) is 35.9 Å². The van der Waals surface area contributed by atoms with Crippen LogP contribution in [-0.2, 0) is 24.6 Å². The van der Waals surface area contributed by atoms with Crippen molar-refractivity contribution >= 4 is 41.8 Å². The molecule has 2 aromatic rings. The van der Waals surface area contributed by atoms with E-state index in [9.17, 15) is 21.2 Å². The lowest BCUT2D eigenvalue weighted by Gasteiger charge is -2.19. The van der Waals surface area contributed by atoms with Gasteiger partial charge in [0, 0.05) is 14.1 Å². The predicted octanol–water partition coefficient (Wildman–Crippen LogP) is 0.891. The van der Waals surface area contributed by atoms with Crippen LogP contribution in [0.4, 0.5) is 10.1 Å². The van der Waals surface area contributed by atoms with Crippen molar-refractivity contribution in [3.63, 3.8) is 0 Å². The Hall–Kier alpha value is -1.57. The van der Waals surface area contributed by atoms with Crippen molar-refractivity contribution < 1.29 is 21.2 Å². The van der Waals surface area contributed by atoms with Gasteiger partial charge in [0.05, 0.1) is 16.6 Å². The number of anilines is 1. The van der Waals surface area contributed by atoms with Gasteiger partial charge in [0.15, 0.2) is 0 Å². The van der Waals surface area contributed by atoms with E-state index in [-0.39, 0.29) is 12.2 Å². The van der Waals surface area contributed by atoms with Crippen molar-refractivity contribution in [2.45, 2.75) is 16.4 Å². The summed E-state index contributed by atoms with van der Waals surface area (Å²) in [5.74, 6) is -0.595. The van der Waals surface area contributed by atoms with E-state index in [1.807, 2.05) is 0 Å². The van der Waals surface area contributed by atoms with Crippen LogP contribution in [0.5, 0.6) is 0 Å². The van der Waals surface area contributed by atoms with E-state index in [1.54, 1.807) is 6.92 Å². The van der Waals surface area contributed by atoms with Crippen molar-refractivity contribution in [1.29, 1.82) is 0 Å². The lowest BCUT2D eigenvalue weighted by Crippen LogP contribution is -2.34. The molecule has 1 unspecified atom stereocenters. The number of rotatable bonds is 4. The Labute approximate surface area is 158 Å². The van der Waals surface area contributed by atoms with Crippen molar-refractivity contribution in [3.8, 4) is 0 Å². The second-order valence-electron chi connectivity index (χ2n) is 6.06. The first-order valence-corrected chi connectivity index (χ1v) is 10.9. The van der Waals surface area contributed by atoms with E-state index in [1.165, 1.54) is 26.2 Å². The summed E-state index contributed by atoms with van der Waals surface area (Å²) in [4.78, 5) is 3.63. The maximum Gasteiger partial charge on any atom is 0.323 e. The molecule has 1 aromatic carbocycles. The smallest absolute Gasteiger partial charge is 0.261 e. The van der Waals surface area contributed by atoms with Crippen LogP contribution in [-0.4, -0.2) is 56.0 Å². The zero-order valence-corrected chi connectivity index (χ0v) is 17.2. The van der Waals surface area contributed by atoms with Crippen molar-refractivity contribution in [1.82, 2.24) is 18.5 Å². The number of alkyl halides is 1. The number of hydrogen-bond donors (Lipinski definition) is 0. The molecule has 142 valence electrons. The van der Waals surface area contributed by atoms with Gasteiger partial charge in [-0.2, -0.15) is 21.1 Å². The molecule has 1 aliphatic heterocycles. The highest BCUT2D eigenvalue weighted by Gasteiger charge is 2.44. The van der Waals surface area contributed by atoms with Gasteiger partial charge < -0.3 is 0 Å². The molecule has 1 aliphatic rings. The molecule has 0 radical (unpaired) electrons. The number of nitrogens with zero attached hydrogens (tertiary/aromatic N) is 5. The highest BCUT2D eigenvalue weighted by Crippen LogP contribution is 2.46. The summed E-state index contributed by atoms with van der Waals surface area (Å²) in [6.45, 7) is 1.73. The van der Waals surface area contributed by atoms with Crippen LogP contribution in [0.2, 0.25) is 0 Å². The van der Waals surface area contributed by atoms with Gasteiger partial charge in [-0.1, -0.05) is 22.0 Å². The van der Waals surface area contributed by atoms with E-state index in [0.29, 0.717) is 9.65 Å². The molecule has 0 saturated heterocycles. The SMILES string of the molecule is CN(C)S(=O)(=O)n1cnc(S(=O)(=O)N2CC(C)(Br)c3ccc(F)cc32)n1. The maximum absolute atomic E-state index is 13.7. The van der Waals surface area contributed by atoms with Gasteiger partial charge in [0.2, 0.25) is 0 Å². The fourth-order valence-electron chi connectivity index (χ4n) is 2.54. The van der Waals surface area contributed by atoms with Gasteiger partial charge in [-0.05, 0) is 24.6 Å².